The average molecular weight is 303 g/mol. The molecule has 0 saturated heterocycles. The molecule has 4 N–H and O–H groups in total. The number of aromatic amines is 2. The minimum Gasteiger partial charge on any atom is -0.395 e. The van der Waals surface area contributed by atoms with Gasteiger partial charge in [0.25, 0.3) is 15.7 Å². The van der Waals surface area contributed by atoms with Crippen LogP contribution in [0.15, 0.2) is 11.1 Å². The fourth-order valence-corrected chi connectivity index (χ4v) is 2.22. The largest absolute Gasteiger partial charge is 0.395 e. The highest BCUT2D eigenvalue weighted by molar-refractivity contribution is 7.86. The lowest BCUT2D eigenvalue weighted by Gasteiger charge is -2.26. The molecular formula is C9H13N5O5S. The highest BCUT2D eigenvalue weighted by Gasteiger charge is 2.27. The van der Waals surface area contributed by atoms with E-state index in [0.717, 1.165) is 4.90 Å². The molecule has 0 aliphatic carbocycles. The number of rotatable bonds is 5. The van der Waals surface area contributed by atoms with Crippen LogP contribution in [0.4, 0.5) is 5.95 Å². The highest BCUT2D eigenvalue weighted by atomic mass is 32.2. The number of hydrogen-bond donors (Lipinski definition) is 4. The first kappa shape index (κ1) is 14.4. The van der Waals surface area contributed by atoms with E-state index in [4.69, 9.17) is 9.66 Å². The molecule has 0 saturated carbocycles. The van der Waals surface area contributed by atoms with Crippen LogP contribution < -0.4 is 10.5 Å². The molecule has 0 amide bonds. The Morgan fingerprint density at radius 2 is 2.20 bits per heavy atom. The van der Waals surface area contributed by atoms with Gasteiger partial charge >= 0.3 is 0 Å². The molecule has 0 aromatic carbocycles. The average Bonchev–Trinajstić information content (AvgIpc) is 2.82. The van der Waals surface area contributed by atoms with Gasteiger partial charge in [-0.05, 0) is 6.92 Å². The zero-order valence-electron chi connectivity index (χ0n) is 10.4. The lowest BCUT2D eigenvalue weighted by atomic mass is 10.5. The molecule has 2 heterocycles. The van der Waals surface area contributed by atoms with Crippen LogP contribution in [0.1, 0.15) is 6.92 Å². The van der Waals surface area contributed by atoms with Crippen molar-refractivity contribution in [3.63, 3.8) is 0 Å². The Morgan fingerprint density at radius 3 is 2.80 bits per heavy atom. The second-order valence-electron chi connectivity index (χ2n) is 4.02. The van der Waals surface area contributed by atoms with Gasteiger partial charge in [0, 0.05) is 6.54 Å². The van der Waals surface area contributed by atoms with Crippen molar-refractivity contribution in [2.45, 2.75) is 12.3 Å². The Labute approximate surface area is 113 Å². The number of imidazole rings is 1. The smallest absolute Gasteiger partial charge is 0.286 e. The van der Waals surface area contributed by atoms with E-state index in [1.807, 2.05) is 0 Å². The summed E-state index contributed by atoms with van der Waals surface area (Å²) in [5, 5.41) is 7.62. The van der Waals surface area contributed by atoms with Gasteiger partial charge in [-0.2, -0.15) is 13.4 Å². The van der Waals surface area contributed by atoms with E-state index in [9.17, 15) is 13.2 Å². The maximum atomic E-state index is 11.8. The molecule has 0 bridgehead atoms. The molecule has 11 heteroatoms. The van der Waals surface area contributed by atoms with Crippen LogP contribution in [-0.2, 0) is 10.1 Å². The second-order valence-corrected chi connectivity index (χ2v) is 5.73. The van der Waals surface area contributed by atoms with Crippen LogP contribution in [-0.4, -0.2) is 56.5 Å². The minimum atomic E-state index is -4.40. The number of aromatic nitrogens is 4. The van der Waals surface area contributed by atoms with Gasteiger partial charge in [0.1, 0.15) is 0 Å². The quantitative estimate of drug-likeness (QED) is 0.496. The molecule has 2 aromatic heterocycles. The van der Waals surface area contributed by atoms with Crippen LogP contribution in [0.5, 0.6) is 0 Å². The Balaban J connectivity index is 2.54. The van der Waals surface area contributed by atoms with Crippen molar-refractivity contribution < 1.29 is 18.1 Å². The summed E-state index contributed by atoms with van der Waals surface area (Å²) in [5.41, 5.74) is -0.303. The lowest BCUT2D eigenvalue weighted by Crippen LogP contribution is -2.42. The predicted octanol–water partition coefficient (Wildman–Crippen LogP) is -1.32. The van der Waals surface area contributed by atoms with Crippen LogP contribution in [0, 0.1) is 0 Å². The Hall–Kier alpha value is -1.98. The van der Waals surface area contributed by atoms with Crippen molar-refractivity contribution in [2.24, 2.45) is 0 Å². The molecule has 10 nitrogen and oxygen atoms in total. The molecule has 0 fully saturated rings. The van der Waals surface area contributed by atoms with Crippen molar-refractivity contribution in [3.8, 4) is 0 Å². The lowest BCUT2D eigenvalue weighted by molar-refractivity contribution is 0.299. The zero-order chi connectivity index (χ0) is 14.9. The van der Waals surface area contributed by atoms with Gasteiger partial charge in [0.2, 0.25) is 5.95 Å². The van der Waals surface area contributed by atoms with Gasteiger partial charge in [-0.15, -0.1) is 0 Å². The van der Waals surface area contributed by atoms with E-state index in [-0.39, 0.29) is 30.3 Å². The maximum Gasteiger partial charge on any atom is 0.286 e. The number of nitrogens with one attached hydrogen (secondary N) is 2. The van der Waals surface area contributed by atoms with E-state index >= 15 is 0 Å². The zero-order valence-corrected chi connectivity index (χ0v) is 11.3. The highest BCUT2D eigenvalue weighted by Crippen LogP contribution is 2.14. The van der Waals surface area contributed by atoms with Crippen molar-refractivity contribution in [3.05, 3.63) is 16.7 Å². The Morgan fingerprint density at radius 1 is 1.50 bits per heavy atom. The van der Waals surface area contributed by atoms with Gasteiger partial charge in [-0.1, -0.05) is 0 Å². The monoisotopic (exact) mass is 303 g/mol. The summed E-state index contributed by atoms with van der Waals surface area (Å²) in [6, 6.07) is 0. The summed E-state index contributed by atoms with van der Waals surface area (Å²) in [5.74, 6) is -0.0917. The third kappa shape index (κ3) is 2.64. The summed E-state index contributed by atoms with van der Waals surface area (Å²) < 4.78 is 31.5. The van der Waals surface area contributed by atoms with Crippen LogP contribution in [0.25, 0.3) is 11.2 Å². The van der Waals surface area contributed by atoms with E-state index in [2.05, 4.69) is 19.9 Å². The molecule has 0 aliphatic rings. The van der Waals surface area contributed by atoms with Gasteiger partial charge in [0.05, 0.1) is 12.9 Å². The molecule has 110 valence electrons. The third-order valence-electron chi connectivity index (χ3n) is 2.76. The van der Waals surface area contributed by atoms with E-state index < -0.39 is 21.1 Å². The molecule has 1 atom stereocenters. The van der Waals surface area contributed by atoms with Crippen LogP contribution in [0.3, 0.4) is 0 Å². The standard InChI is InChI=1S/C9H13N5O5S/c1-5(20(17,18)19)14(2-3-15)9-12-7-6(8(16)13-9)10-4-11-7/h4-5,15H,2-3H2,1H3,(H,17,18,19)(H2,10,11,12,13,16). The van der Waals surface area contributed by atoms with E-state index in [1.165, 1.54) is 13.3 Å². The van der Waals surface area contributed by atoms with Gasteiger partial charge < -0.3 is 15.0 Å². The van der Waals surface area contributed by atoms with Gasteiger partial charge in [-0.3, -0.25) is 14.3 Å². The van der Waals surface area contributed by atoms with Crippen molar-refractivity contribution >= 4 is 27.2 Å². The molecule has 0 radical (unpaired) electrons. The predicted molar refractivity (Wildman–Crippen MR) is 70.0 cm³/mol. The molecular weight excluding hydrogens is 290 g/mol. The fourth-order valence-electron chi connectivity index (χ4n) is 1.70. The molecule has 0 aliphatic heterocycles. The molecule has 0 spiro atoms. The number of hydrogen-bond acceptors (Lipinski definition) is 7. The number of fused-ring (bicyclic) bond motifs is 1. The first-order valence-electron chi connectivity index (χ1n) is 5.62. The third-order valence-corrected chi connectivity index (χ3v) is 3.88. The molecule has 1 unspecified atom stereocenters. The number of aliphatic hydroxyl groups is 1. The van der Waals surface area contributed by atoms with Crippen LogP contribution >= 0.6 is 0 Å². The summed E-state index contributed by atoms with van der Waals surface area (Å²) >= 11 is 0. The first-order chi connectivity index (χ1) is 9.34. The van der Waals surface area contributed by atoms with Gasteiger partial charge in [-0.25, -0.2) is 4.98 Å². The molecule has 2 rings (SSSR count). The number of H-pyrrole nitrogens is 2. The number of aliphatic hydroxyl groups excluding tert-OH is 1. The summed E-state index contributed by atoms with van der Waals surface area (Å²) in [4.78, 5) is 25.6. The second kappa shape index (κ2) is 5.19. The van der Waals surface area contributed by atoms with Crippen LogP contribution in [0.2, 0.25) is 0 Å². The summed E-state index contributed by atoms with van der Waals surface area (Å²) in [6.45, 7) is 0.691. The summed E-state index contributed by atoms with van der Waals surface area (Å²) in [6.07, 6.45) is 1.28. The summed E-state index contributed by atoms with van der Waals surface area (Å²) in [7, 11) is -4.40. The van der Waals surface area contributed by atoms with Crippen molar-refractivity contribution in [2.75, 3.05) is 18.1 Å². The number of anilines is 1. The van der Waals surface area contributed by atoms with E-state index in [1.54, 1.807) is 0 Å². The van der Waals surface area contributed by atoms with Crippen molar-refractivity contribution in [1.29, 1.82) is 0 Å². The Kier molecular flexibility index (Phi) is 3.74. The SMILES string of the molecule is CC(N(CCO)c1nc2[nH]cnc2c(=O)[nH]1)S(=O)(=O)O. The molecule has 2 aromatic rings. The van der Waals surface area contributed by atoms with Gasteiger partial charge in [0.15, 0.2) is 16.5 Å². The normalized spacial score (nSPS) is 13.6. The first-order valence-corrected chi connectivity index (χ1v) is 7.12. The topological polar surface area (TPSA) is 152 Å². The molecule has 20 heavy (non-hydrogen) atoms. The minimum absolute atomic E-state index is 0.0807. The van der Waals surface area contributed by atoms with E-state index in [0.29, 0.717) is 0 Å². The number of nitrogens with zero attached hydrogens (tertiary/aromatic N) is 3. The maximum absolute atomic E-state index is 11.8. The van der Waals surface area contributed by atoms with Crippen molar-refractivity contribution in [1.82, 2.24) is 19.9 Å². The fraction of sp³-hybridized carbons (Fsp3) is 0.444. The Bertz CT molecular complexity index is 766.